The summed E-state index contributed by atoms with van der Waals surface area (Å²) in [5, 5.41) is 4.87. The fraction of sp³-hybridized carbons (Fsp3) is 0.227. The average molecular weight is 494 g/mol. The molecule has 11 heteroatoms. The topological polar surface area (TPSA) is 122 Å². The largest absolute Gasteiger partial charge is 0.449 e. The highest BCUT2D eigenvalue weighted by Crippen LogP contribution is 2.26. The van der Waals surface area contributed by atoms with Crippen molar-refractivity contribution in [2.75, 3.05) is 17.4 Å². The van der Waals surface area contributed by atoms with Gasteiger partial charge in [0, 0.05) is 11.6 Å². The van der Waals surface area contributed by atoms with Crippen LogP contribution in [0.3, 0.4) is 0 Å². The summed E-state index contributed by atoms with van der Waals surface area (Å²) in [6.07, 6.45) is 0.144. The second kappa shape index (κ2) is 11.5. The SMILES string of the molecule is C=CCN(c1ccc(Cl)cc1)S(=O)(=O)c1cccc(C(=O)O[C@H](C)C(=O)NC(=O)NCC)c1. The lowest BCUT2D eigenvalue weighted by molar-refractivity contribution is -0.127. The smallest absolute Gasteiger partial charge is 0.338 e. The normalized spacial score (nSPS) is 11.7. The zero-order valence-corrected chi connectivity index (χ0v) is 19.7. The number of nitrogens with one attached hydrogen (secondary N) is 2. The lowest BCUT2D eigenvalue weighted by Gasteiger charge is -2.23. The van der Waals surface area contributed by atoms with Crippen molar-refractivity contribution in [3.63, 3.8) is 0 Å². The van der Waals surface area contributed by atoms with Crippen molar-refractivity contribution in [3.05, 3.63) is 71.8 Å². The van der Waals surface area contributed by atoms with Gasteiger partial charge in [-0.3, -0.25) is 14.4 Å². The maximum atomic E-state index is 13.3. The maximum Gasteiger partial charge on any atom is 0.338 e. The minimum atomic E-state index is -4.07. The molecule has 1 atom stereocenters. The molecular formula is C22H24ClN3O6S. The lowest BCUT2D eigenvalue weighted by Crippen LogP contribution is -2.44. The van der Waals surface area contributed by atoms with Crippen LogP contribution in [0.4, 0.5) is 10.5 Å². The number of esters is 1. The molecule has 0 spiro atoms. The summed E-state index contributed by atoms with van der Waals surface area (Å²) < 4.78 is 32.8. The maximum absolute atomic E-state index is 13.3. The quantitative estimate of drug-likeness (QED) is 0.409. The zero-order chi connectivity index (χ0) is 24.6. The minimum Gasteiger partial charge on any atom is -0.449 e. The molecule has 2 rings (SSSR count). The summed E-state index contributed by atoms with van der Waals surface area (Å²) in [6.45, 7) is 6.87. The van der Waals surface area contributed by atoms with Crippen molar-refractivity contribution in [2.24, 2.45) is 0 Å². The van der Waals surface area contributed by atoms with Gasteiger partial charge in [-0.1, -0.05) is 23.7 Å². The van der Waals surface area contributed by atoms with E-state index in [0.29, 0.717) is 17.3 Å². The van der Waals surface area contributed by atoms with E-state index < -0.39 is 34.0 Å². The van der Waals surface area contributed by atoms with E-state index in [0.717, 1.165) is 10.4 Å². The molecule has 0 aliphatic heterocycles. The summed E-state index contributed by atoms with van der Waals surface area (Å²) in [4.78, 5) is 35.8. The van der Waals surface area contributed by atoms with Gasteiger partial charge in [0.05, 0.1) is 22.7 Å². The van der Waals surface area contributed by atoms with Crippen LogP contribution < -0.4 is 14.9 Å². The van der Waals surface area contributed by atoms with Crippen LogP contribution in [0.2, 0.25) is 5.02 Å². The fourth-order valence-corrected chi connectivity index (χ4v) is 4.29. The number of ether oxygens (including phenoxy) is 1. The molecule has 2 aromatic rings. The molecule has 3 amide bonds. The molecule has 0 aliphatic rings. The second-order valence-corrected chi connectivity index (χ2v) is 9.02. The highest BCUT2D eigenvalue weighted by atomic mass is 35.5. The molecule has 0 saturated carbocycles. The monoisotopic (exact) mass is 493 g/mol. The van der Waals surface area contributed by atoms with Gasteiger partial charge < -0.3 is 10.1 Å². The number of imide groups is 1. The molecule has 9 nitrogen and oxygen atoms in total. The standard InChI is InChI=1S/C22H24ClN3O6S/c1-4-13-26(18-11-9-17(23)10-12-18)33(30,31)19-8-6-7-16(14-19)21(28)32-15(3)20(27)25-22(29)24-5-2/h4,6-12,14-15H,1,5,13H2,2-3H3,(H2,24,25,27,29)/t15-/m1/s1. The van der Waals surface area contributed by atoms with Crippen LogP contribution in [0.15, 0.2) is 66.1 Å². The number of sulfonamides is 1. The molecule has 176 valence electrons. The van der Waals surface area contributed by atoms with E-state index in [4.69, 9.17) is 16.3 Å². The molecule has 0 bridgehead atoms. The first-order chi connectivity index (χ1) is 15.6. The van der Waals surface area contributed by atoms with E-state index >= 15 is 0 Å². The number of carbonyl (C=O) groups excluding carboxylic acids is 3. The molecule has 0 aliphatic carbocycles. The number of hydrogen-bond donors (Lipinski definition) is 2. The Balaban J connectivity index is 2.25. The number of urea groups is 1. The van der Waals surface area contributed by atoms with Gasteiger partial charge in [-0.25, -0.2) is 18.0 Å². The van der Waals surface area contributed by atoms with Crippen LogP contribution in [0.25, 0.3) is 0 Å². The van der Waals surface area contributed by atoms with E-state index in [-0.39, 0.29) is 17.0 Å². The van der Waals surface area contributed by atoms with Crippen molar-refractivity contribution >= 4 is 45.2 Å². The van der Waals surface area contributed by atoms with Crippen LogP contribution in [0, 0.1) is 0 Å². The number of benzene rings is 2. The van der Waals surface area contributed by atoms with Crippen LogP contribution in [0.5, 0.6) is 0 Å². The van der Waals surface area contributed by atoms with Crippen LogP contribution in [-0.2, 0) is 19.6 Å². The summed E-state index contributed by atoms with van der Waals surface area (Å²) in [5.74, 6) is -1.75. The predicted molar refractivity (Wildman–Crippen MR) is 125 cm³/mol. The number of rotatable bonds is 9. The highest BCUT2D eigenvalue weighted by Gasteiger charge is 2.26. The van der Waals surface area contributed by atoms with Crippen molar-refractivity contribution in [1.82, 2.24) is 10.6 Å². The first-order valence-corrected chi connectivity index (χ1v) is 11.7. The molecule has 0 fully saturated rings. The third-order valence-electron chi connectivity index (χ3n) is 4.29. The van der Waals surface area contributed by atoms with Crippen LogP contribution >= 0.6 is 11.6 Å². The number of nitrogens with zero attached hydrogens (tertiary/aromatic N) is 1. The second-order valence-electron chi connectivity index (χ2n) is 6.73. The van der Waals surface area contributed by atoms with Gasteiger partial charge >= 0.3 is 12.0 Å². The van der Waals surface area contributed by atoms with Crippen LogP contribution in [-0.4, -0.2) is 45.5 Å². The Kier molecular flexibility index (Phi) is 9.01. The number of halogens is 1. The predicted octanol–water partition coefficient (Wildman–Crippen LogP) is 3.11. The Labute approximate surface area is 197 Å². The Bertz CT molecular complexity index is 1140. The molecule has 0 radical (unpaired) electrons. The molecule has 2 aromatic carbocycles. The zero-order valence-electron chi connectivity index (χ0n) is 18.1. The van der Waals surface area contributed by atoms with Gasteiger partial charge in [-0.15, -0.1) is 6.58 Å². The number of amides is 3. The van der Waals surface area contributed by atoms with Gasteiger partial charge in [-0.05, 0) is 56.3 Å². The first-order valence-electron chi connectivity index (χ1n) is 9.89. The van der Waals surface area contributed by atoms with Gasteiger partial charge in [0.15, 0.2) is 6.10 Å². The third kappa shape index (κ3) is 6.80. The van der Waals surface area contributed by atoms with Gasteiger partial charge in [0.2, 0.25) is 0 Å². The van der Waals surface area contributed by atoms with Gasteiger partial charge in [0.25, 0.3) is 15.9 Å². The summed E-state index contributed by atoms with van der Waals surface area (Å²) >= 11 is 5.90. The van der Waals surface area contributed by atoms with E-state index in [1.54, 1.807) is 31.2 Å². The van der Waals surface area contributed by atoms with Crippen molar-refractivity contribution in [2.45, 2.75) is 24.8 Å². The van der Waals surface area contributed by atoms with E-state index in [2.05, 4.69) is 11.9 Å². The summed E-state index contributed by atoms with van der Waals surface area (Å²) in [5.41, 5.74) is 0.284. The van der Waals surface area contributed by atoms with Gasteiger partial charge in [0.1, 0.15) is 0 Å². The number of hydrogen-bond acceptors (Lipinski definition) is 6. The molecule has 33 heavy (non-hydrogen) atoms. The fourth-order valence-electron chi connectivity index (χ4n) is 2.68. The minimum absolute atomic E-state index is 0.0182. The number of carbonyl (C=O) groups is 3. The van der Waals surface area contributed by atoms with Crippen molar-refractivity contribution in [3.8, 4) is 0 Å². The molecule has 0 unspecified atom stereocenters. The van der Waals surface area contributed by atoms with Crippen molar-refractivity contribution in [1.29, 1.82) is 0 Å². The summed E-state index contributed by atoms with van der Waals surface area (Å²) in [7, 11) is -4.07. The van der Waals surface area contributed by atoms with Crippen LogP contribution in [0.1, 0.15) is 24.2 Å². The van der Waals surface area contributed by atoms with E-state index in [1.807, 2.05) is 5.32 Å². The molecule has 0 heterocycles. The summed E-state index contributed by atoms with van der Waals surface area (Å²) in [6, 6.07) is 10.7. The van der Waals surface area contributed by atoms with E-state index in [1.165, 1.54) is 31.2 Å². The molecular weight excluding hydrogens is 470 g/mol. The molecule has 0 aromatic heterocycles. The highest BCUT2D eigenvalue weighted by molar-refractivity contribution is 7.92. The lowest BCUT2D eigenvalue weighted by atomic mass is 10.2. The Morgan fingerprint density at radius 3 is 2.45 bits per heavy atom. The third-order valence-corrected chi connectivity index (χ3v) is 6.34. The Morgan fingerprint density at radius 2 is 1.85 bits per heavy atom. The molecule has 0 saturated heterocycles. The van der Waals surface area contributed by atoms with Crippen molar-refractivity contribution < 1.29 is 27.5 Å². The van der Waals surface area contributed by atoms with E-state index in [9.17, 15) is 22.8 Å². The first kappa shape index (κ1) is 25.9. The number of anilines is 1. The Morgan fingerprint density at radius 1 is 1.18 bits per heavy atom. The average Bonchev–Trinajstić information content (AvgIpc) is 2.78. The molecule has 2 N–H and O–H groups in total. The van der Waals surface area contributed by atoms with Gasteiger partial charge in [-0.2, -0.15) is 0 Å². The Hall–Kier alpha value is -3.37.